The maximum absolute atomic E-state index is 13.2. The molecule has 1 aromatic heterocycles. The van der Waals surface area contributed by atoms with Gasteiger partial charge in [-0.1, -0.05) is 60.2 Å². The SMILES string of the molecule is [C-]#[N+]C[C@H]1CN(c2nc(OC[C@@H]3CCCN3C)nc3c2CCN(c2cccc4ccc(C)cc24)C3)CCN1C(=O)OCc1ccccc1. The van der Waals surface area contributed by atoms with Crippen molar-refractivity contribution in [2.75, 3.05) is 62.7 Å². The fourth-order valence-corrected chi connectivity index (χ4v) is 7.28. The van der Waals surface area contributed by atoms with Gasteiger partial charge in [-0.15, -0.1) is 0 Å². The van der Waals surface area contributed by atoms with Crippen LogP contribution in [0.15, 0.2) is 66.7 Å². The van der Waals surface area contributed by atoms with Crippen molar-refractivity contribution in [1.29, 1.82) is 0 Å². The molecule has 48 heavy (non-hydrogen) atoms. The topological polar surface area (TPSA) is 78.6 Å². The molecule has 0 unspecified atom stereocenters. The number of benzene rings is 3. The monoisotopic (exact) mass is 645 g/mol. The van der Waals surface area contributed by atoms with Gasteiger partial charge in [0.1, 0.15) is 25.1 Å². The number of nitrogens with zero attached hydrogens (tertiary/aromatic N) is 7. The summed E-state index contributed by atoms with van der Waals surface area (Å²) in [6.07, 6.45) is 2.66. The van der Waals surface area contributed by atoms with Crippen LogP contribution in [-0.4, -0.2) is 90.9 Å². The summed E-state index contributed by atoms with van der Waals surface area (Å²) in [5.74, 6) is 0.857. The summed E-state index contributed by atoms with van der Waals surface area (Å²) in [4.78, 5) is 35.7. The highest BCUT2D eigenvalue weighted by Crippen LogP contribution is 2.35. The Morgan fingerprint density at radius 3 is 2.67 bits per heavy atom. The van der Waals surface area contributed by atoms with Crippen molar-refractivity contribution >= 4 is 28.4 Å². The van der Waals surface area contributed by atoms with Gasteiger partial charge >= 0.3 is 12.1 Å². The molecule has 1 amide bonds. The van der Waals surface area contributed by atoms with Gasteiger partial charge in [-0.2, -0.15) is 9.97 Å². The summed E-state index contributed by atoms with van der Waals surface area (Å²) in [6.45, 7) is 14.8. The zero-order valence-corrected chi connectivity index (χ0v) is 27.8. The van der Waals surface area contributed by atoms with Crippen molar-refractivity contribution in [2.24, 2.45) is 0 Å². The third-order valence-electron chi connectivity index (χ3n) is 9.98. The number of hydrogen-bond donors (Lipinski definition) is 0. The van der Waals surface area contributed by atoms with E-state index in [1.807, 2.05) is 30.3 Å². The number of anilines is 2. The molecule has 0 aliphatic carbocycles. The van der Waals surface area contributed by atoms with Gasteiger partial charge in [0.25, 0.3) is 0 Å². The first-order valence-corrected chi connectivity index (χ1v) is 17.0. The second-order valence-electron chi connectivity index (χ2n) is 13.2. The summed E-state index contributed by atoms with van der Waals surface area (Å²) in [6, 6.07) is 23.2. The molecule has 4 heterocycles. The molecule has 0 spiro atoms. The molecule has 0 bridgehead atoms. The molecule has 2 saturated heterocycles. The lowest BCUT2D eigenvalue weighted by Gasteiger charge is -2.40. The van der Waals surface area contributed by atoms with Crippen LogP contribution >= 0.6 is 0 Å². The number of rotatable bonds is 8. The average Bonchev–Trinajstić information content (AvgIpc) is 3.53. The van der Waals surface area contributed by atoms with Crippen molar-refractivity contribution in [3.8, 4) is 6.01 Å². The van der Waals surface area contributed by atoms with Crippen LogP contribution in [-0.2, 0) is 24.3 Å². The number of piperazine rings is 1. The van der Waals surface area contributed by atoms with E-state index in [0.717, 1.165) is 48.6 Å². The fourth-order valence-electron chi connectivity index (χ4n) is 7.28. The Hall–Kier alpha value is -4.88. The molecule has 10 heteroatoms. The highest BCUT2D eigenvalue weighted by Gasteiger charge is 2.36. The van der Waals surface area contributed by atoms with Crippen LogP contribution in [0.1, 0.15) is 35.2 Å². The van der Waals surface area contributed by atoms with E-state index in [9.17, 15) is 4.79 Å². The van der Waals surface area contributed by atoms with Crippen LogP contribution in [0.2, 0.25) is 0 Å². The quantitative estimate of drug-likeness (QED) is 0.225. The summed E-state index contributed by atoms with van der Waals surface area (Å²) in [5, 5.41) is 2.47. The Morgan fingerprint density at radius 2 is 1.85 bits per heavy atom. The largest absolute Gasteiger partial charge is 0.462 e. The molecule has 3 aliphatic heterocycles. The third-order valence-corrected chi connectivity index (χ3v) is 9.98. The lowest BCUT2D eigenvalue weighted by Crippen LogP contribution is -2.57. The van der Waals surface area contributed by atoms with Crippen molar-refractivity contribution in [3.05, 3.63) is 101 Å². The molecule has 4 aromatic rings. The first-order valence-electron chi connectivity index (χ1n) is 17.0. The zero-order chi connectivity index (χ0) is 33.0. The Bertz CT molecular complexity index is 1810. The molecule has 2 fully saturated rings. The van der Waals surface area contributed by atoms with Crippen molar-refractivity contribution < 1.29 is 14.3 Å². The van der Waals surface area contributed by atoms with E-state index in [1.165, 1.54) is 28.4 Å². The predicted molar refractivity (Wildman–Crippen MR) is 187 cm³/mol. The van der Waals surface area contributed by atoms with E-state index in [4.69, 9.17) is 26.0 Å². The Labute approximate surface area is 282 Å². The number of aryl methyl sites for hydroxylation is 1. The first kappa shape index (κ1) is 31.7. The number of ether oxygens (including phenoxy) is 2. The smallest absolute Gasteiger partial charge is 0.410 e. The number of likely N-dealkylation sites (N-methyl/N-ethyl adjacent to an activating group) is 1. The van der Waals surface area contributed by atoms with Crippen molar-refractivity contribution in [2.45, 2.75) is 51.4 Å². The van der Waals surface area contributed by atoms with Crippen LogP contribution < -0.4 is 14.5 Å². The number of aromatic nitrogens is 2. The summed E-state index contributed by atoms with van der Waals surface area (Å²) in [7, 11) is 2.14. The van der Waals surface area contributed by atoms with Crippen LogP contribution in [0, 0.1) is 13.5 Å². The van der Waals surface area contributed by atoms with E-state index in [-0.39, 0.29) is 25.3 Å². The highest BCUT2D eigenvalue weighted by molar-refractivity contribution is 5.95. The van der Waals surface area contributed by atoms with E-state index in [2.05, 4.69) is 69.9 Å². The predicted octanol–water partition coefficient (Wildman–Crippen LogP) is 5.72. The van der Waals surface area contributed by atoms with Crippen LogP contribution in [0.4, 0.5) is 16.3 Å². The van der Waals surface area contributed by atoms with Gasteiger partial charge in [-0.25, -0.2) is 11.4 Å². The molecule has 248 valence electrons. The van der Waals surface area contributed by atoms with Crippen LogP contribution in [0.5, 0.6) is 6.01 Å². The molecular formula is C38H43N7O3. The third kappa shape index (κ3) is 6.74. The zero-order valence-electron chi connectivity index (χ0n) is 27.8. The second kappa shape index (κ2) is 14.1. The van der Waals surface area contributed by atoms with E-state index < -0.39 is 0 Å². The molecular weight excluding hydrogens is 602 g/mol. The molecule has 2 atom stereocenters. The Balaban J connectivity index is 1.15. The first-order chi connectivity index (χ1) is 23.5. The molecule has 0 radical (unpaired) electrons. The number of amides is 1. The Morgan fingerprint density at radius 1 is 0.979 bits per heavy atom. The Kier molecular flexibility index (Phi) is 9.30. The number of carbonyl (C=O) groups is 1. The minimum Gasteiger partial charge on any atom is -0.462 e. The molecule has 3 aromatic carbocycles. The van der Waals surface area contributed by atoms with Gasteiger partial charge in [-0.05, 0) is 62.9 Å². The average molecular weight is 646 g/mol. The van der Waals surface area contributed by atoms with Crippen LogP contribution in [0.25, 0.3) is 15.6 Å². The van der Waals surface area contributed by atoms with E-state index in [0.29, 0.717) is 44.8 Å². The number of fused-ring (bicyclic) bond motifs is 2. The lowest BCUT2D eigenvalue weighted by atomic mass is 10.0. The summed E-state index contributed by atoms with van der Waals surface area (Å²) in [5.41, 5.74) is 5.47. The molecule has 0 N–H and O–H groups in total. The standard InChI is InChI=1S/C38H43N7O3/c1-27-14-15-29-11-7-13-35(33(29)21-27)43-18-16-32-34(24-43)40-37(47-26-30-12-8-17-42(30)3)41-36(32)44-19-20-45(31(23-44)22-39-2)38(46)48-25-28-9-5-4-6-10-28/h4-7,9-11,13-15,21,30-31H,8,12,16-20,22-26H2,1,3H3/t30-,31-/m0/s1. The van der Waals surface area contributed by atoms with Crippen LogP contribution in [0.3, 0.4) is 0 Å². The molecule has 7 rings (SSSR count). The van der Waals surface area contributed by atoms with Gasteiger partial charge in [-0.3, -0.25) is 4.90 Å². The number of hydrogen-bond acceptors (Lipinski definition) is 8. The summed E-state index contributed by atoms with van der Waals surface area (Å²) < 4.78 is 12.0. The summed E-state index contributed by atoms with van der Waals surface area (Å²) >= 11 is 0. The van der Waals surface area contributed by atoms with Gasteiger partial charge in [0.15, 0.2) is 0 Å². The number of carbonyl (C=O) groups excluding carboxylic acids is 1. The molecule has 10 nitrogen and oxygen atoms in total. The maximum Gasteiger partial charge on any atom is 0.410 e. The normalized spacial score (nSPS) is 19.6. The van der Waals surface area contributed by atoms with E-state index in [1.54, 1.807) is 4.90 Å². The molecule has 3 aliphatic rings. The highest BCUT2D eigenvalue weighted by atomic mass is 16.6. The van der Waals surface area contributed by atoms with Gasteiger partial charge < -0.3 is 29.0 Å². The fraction of sp³-hybridized carbons (Fsp3) is 0.421. The van der Waals surface area contributed by atoms with E-state index >= 15 is 0 Å². The molecule has 0 saturated carbocycles. The van der Waals surface area contributed by atoms with Gasteiger partial charge in [0.2, 0.25) is 6.54 Å². The maximum atomic E-state index is 13.2. The van der Waals surface area contributed by atoms with Crippen molar-refractivity contribution in [3.63, 3.8) is 0 Å². The van der Waals surface area contributed by atoms with Gasteiger partial charge in [0.05, 0.1) is 12.2 Å². The minimum atomic E-state index is -0.387. The van der Waals surface area contributed by atoms with Crippen molar-refractivity contribution in [1.82, 2.24) is 19.8 Å². The lowest BCUT2D eigenvalue weighted by molar-refractivity contribution is 0.0788. The second-order valence-corrected chi connectivity index (χ2v) is 13.2. The minimum absolute atomic E-state index is 0.190. The number of likely N-dealkylation sites (tertiary alicyclic amines) is 1. The van der Waals surface area contributed by atoms with Gasteiger partial charge in [0, 0.05) is 48.9 Å².